The summed E-state index contributed by atoms with van der Waals surface area (Å²) >= 11 is 5.59. The fourth-order valence-electron chi connectivity index (χ4n) is 17.0. The second-order valence-electron chi connectivity index (χ2n) is 28.0. The summed E-state index contributed by atoms with van der Waals surface area (Å²) in [5.41, 5.74) is 23.2. The molecule has 0 atom stereocenters. The van der Waals surface area contributed by atoms with Gasteiger partial charge in [-0.25, -0.2) is 9.97 Å². The average Bonchev–Trinajstić information content (AvgIpc) is 1.55. The van der Waals surface area contributed by atoms with Gasteiger partial charge in [0.25, 0.3) is 0 Å². The van der Waals surface area contributed by atoms with Crippen molar-refractivity contribution in [1.82, 2.24) is 23.7 Å². The Bertz CT molecular complexity index is 7660. The zero-order valence-electron chi connectivity index (χ0n) is 56.9. The van der Waals surface area contributed by atoms with E-state index < -0.39 is 0 Å². The van der Waals surface area contributed by atoms with Gasteiger partial charge in [0, 0.05) is 126 Å². The monoisotopic (exact) mass is 1400 g/mol. The van der Waals surface area contributed by atoms with Crippen LogP contribution in [-0.4, -0.2) is 23.7 Å². The Kier molecular flexibility index (Phi) is 13.0. The molecule has 23 rings (SSSR count). The Morgan fingerprint density at radius 3 is 0.972 bits per heavy atom. The molecule has 0 aliphatic rings. The highest BCUT2D eigenvalue weighted by atomic mass is 32.1. The van der Waals surface area contributed by atoms with Gasteiger partial charge in [-0.15, -0.1) is 34.0 Å². The molecule has 0 amide bonds. The largest absolute Gasteiger partial charge is 0.309 e. The first-order valence-corrected chi connectivity index (χ1v) is 38.4. The van der Waals surface area contributed by atoms with Crippen LogP contribution in [0.25, 0.3) is 221 Å². The maximum Gasteiger partial charge on any atom is 0.160 e. The van der Waals surface area contributed by atoms with Crippen LogP contribution < -0.4 is 0 Å². The first-order chi connectivity index (χ1) is 52.5. The number of fused-ring (bicyclic) bond motifs is 19. The van der Waals surface area contributed by atoms with Crippen molar-refractivity contribution in [2.75, 3.05) is 0 Å². The standard InChI is InChI=1S/C98H57N5S3/c1-7-25-85-71(19-1)80-51-60(63-33-42-77-74-22-4-10-28-91(74)104-94(77)55-63)37-46-88(80)101(85)68-40-31-58(32-41-68)59-36-45-84-83(54-59)97(66-15-13-17-69(49-66)102-86-26-8-2-20-72(86)81-52-61(38-47-89(81)102)64-34-43-78-75-23-5-11-29-92(75)105-95(78)56-64)100-98(99-84)67-16-14-18-70(50-67)103-87-27-9-3-21-73(87)82-53-62(39-48-90(82)103)65-35-44-79-76-24-6-12-30-93(76)106-96(79)57-65/h1-57H. The van der Waals surface area contributed by atoms with Crippen molar-refractivity contribution in [3.8, 4) is 84.2 Å². The van der Waals surface area contributed by atoms with Crippen molar-refractivity contribution >= 4 is 171 Å². The molecule has 0 N–H and O–H groups in total. The van der Waals surface area contributed by atoms with Gasteiger partial charge in [-0.3, -0.25) is 0 Å². The molecule has 7 aromatic heterocycles. The van der Waals surface area contributed by atoms with Crippen molar-refractivity contribution in [3.63, 3.8) is 0 Å². The van der Waals surface area contributed by atoms with Crippen LogP contribution in [0.15, 0.2) is 346 Å². The van der Waals surface area contributed by atoms with Crippen LogP contribution >= 0.6 is 34.0 Å². The van der Waals surface area contributed by atoms with Gasteiger partial charge >= 0.3 is 0 Å². The molecule has 23 aromatic rings. The quantitative estimate of drug-likeness (QED) is 0.144. The molecule has 0 saturated heterocycles. The molecular formula is C98H57N5S3. The zero-order valence-corrected chi connectivity index (χ0v) is 59.3. The molecule has 7 heterocycles. The van der Waals surface area contributed by atoms with Gasteiger partial charge in [0.15, 0.2) is 5.82 Å². The molecule has 0 saturated carbocycles. The highest BCUT2D eigenvalue weighted by Crippen LogP contribution is 2.45. The smallest absolute Gasteiger partial charge is 0.160 e. The highest BCUT2D eigenvalue weighted by Gasteiger charge is 2.22. The Morgan fingerprint density at radius 1 is 0.179 bits per heavy atom. The fraction of sp³-hybridized carbons (Fsp3) is 0. The molecule has 492 valence electrons. The van der Waals surface area contributed by atoms with E-state index in [4.69, 9.17) is 9.97 Å². The van der Waals surface area contributed by atoms with Crippen molar-refractivity contribution in [2.24, 2.45) is 0 Å². The molecule has 8 heteroatoms. The predicted molar refractivity (Wildman–Crippen MR) is 454 cm³/mol. The lowest BCUT2D eigenvalue weighted by Crippen LogP contribution is -1.99. The van der Waals surface area contributed by atoms with Crippen molar-refractivity contribution in [3.05, 3.63) is 346 Å². The number of nitrogens with zero attached hydrogens (tertiary/aromatic N) is 5. The first kappa shape index (κ1) is 59.4. The van der Waals surface area contributed by atoms with Crippen molar-refractivity contribution < 1.29 is 0 Å². The molecule has 0 aliphatic heterocycles. The summed E-state index contributed by atoms with van der Waals surface area (Å²) in [6.07, 6.45) is 0. The minimum atomic E-state index is 0.653. The minimum absolute atomic E-state index is 0.653. The highest BCUT2D eigenvalue weighted by molar-refractivity contribution is 7.26. The van der Waals surface area contributed by atoms with Crippen molar-refractivity contribution in [2.45, 2.75) is 0 Å². The summed E-state index contributed by atoms with van der Waals surface area (Å²) in [6, 6.07) is 128. The van der Waals surface area contributed by atoms with Crippen LogP contribution in [0.2, 0.25) is 0 Å². The summed E-state index contributed by atoms with van der Waals surface area (Å²) < 4.78 is 15.1. The van der Waals surface area contributed by atoms with E-state index in [2.05, 4.69) is 359 Å². The molecule has 0 fully saturated rings. The lowest BCUT2D eigenvalue weighted by atomic mass is 9.99. The van der Waals surface area contributed by atoms with E-state index in [-0.39, 0.29) is 0 Å². The van der Waals surface area contributed by atoms with E-state index in [1.165, 1.54) is 137 Å². The maximum atomic E-state index is 5.75. The van der Waals surface area contributed by atoms with Crippen LogP contribution in [-0.2, 0) is 0 Å². The number of para-hydroxylation sites is 3. The number of hydrogen-bond donors (Lipinski definition) is 0. The summed E-state index contributed by atoms with van der Waals surface area (Å²) in [4.78, 5) is 11.3. The van der Waals surface area contributed by atoms with E-state index in [9.17, 15) is 0 Å². The summed E-state index contributed by atoms with van der Waals surface area (Å²) in [6.45, 7) is 0. The van der Waals surface area contributed by atoms with Gasteiger partial charge in [-0.1, -0.05) is 206 Å². The Labute approximate surface area is 619 Å². The van der Waals surface area contributed by atoms with E-state index in [0.29, 0.717) is 5.82 Å². The predicted octanol–water partition coefficient (Wildman–Crippen LogP) is 28.0. The molecule has 0 unspecified atom stereocenters. The van der Waals surface area contributed by atoms with Gasteiger partial charge < -0.3 is 13.7 Å². The summed E-state index contributed by atoms with van der Waals surface area (Å²) in [5, 5.41) is 16.1. The van der Waals surface area contributed by atoms with Crippen LogP contribution in [0.4, 0.5) is 0 Å². The lowest BCUT2D eigenvalue weighted by Gasteiger charge is -2.15. The molecule has 106 heavy (non-hydrogen) atoms. The van der Waals surface area contributed by atoms with Crippen LogP contribution in [0.1, 0.15) is 0 Å². The summed E-state index contributed by atoms with van der Waals surface area (Å²) in [7, 11) is 0. The van der Waals surface area contributed by atoms with E-state index in [0.717, 1.165) is 78.0 Å². The van der Waals surface area contributed by atoms with E-state index >= 15 is 0 Å². The third-order valence-electron chi connectivity index (χ3n) is 22.0. The lowest BCUT2D eigenvalue weighted by molar-refractivity contribution is 1.17. The van der Waals surface area contributed by atoms with Crippen molar-refractivity contribution in [1.29, 1.82) is 0 Å². The molecule has 0 bridgehead atoms. The number of hydrogen-bond acceptors (Lipinski definition) is 5. The number of benzene rings is 16. The molecule has 0 radical (unpaired) electrons. The number of rotatable bonds is 9. The SMILES string of the molecule is c1cc(-c2nc(-c3cccc(-n4c5ccccc5c5cc(-c6ccc7c(c6)sc6ccccc67)ccc54)c3)c3cc(-c4ccc(-n5c6ccccc6c6cc(-c7ccc8c(c7)sc7ccccc78)ccc65)cc4)ccc3n2)cc(-n2c3ccccc3c3cc(-c4ccc5c(c4)sc4ccccc45)ccc32)c1. The number of aromatic nitrogens is 5. The topological polar surface area (TPSA) is 40.6 Å². The molecule has 5 nitrogen and oxygen atoms in total. The van der Waals surface area contributed by atoms with E-state index in [1.807, 2.05) is 34.0 Å². The molecule has 16 aromatic carbocycles. The van der Waals surface area contributed by atoms with Crippen LogP contribution in [0, 0.1) is 0 Å². The first-order valence-electron chi connectivity index (χ1n) is 36.0. The van der Waals surface area contributed by atoms with Crippen LogP contribution in [0.3, 0.4) is 0 Å². The van der Waals surface area contributed by atoms with Gasteiger partial charge in [0.1, 0.15) is 0 Å². The normalized spacial score (nSPS) is 12.2. The Balaban J connectivity index is 0.647. The third-order valence-corrected chi connectivity index (χ3v) is 25.4. The average molecular weight is 1400 g/mol. The summed E-state index contributed by atoms with van der Waals surface area (Å²) in [5.74, 6) is 0.653. The van der Waals surface area contributed by atoms with Crippen LogP contribution in [0.5, 0.6) is 0 Å². The fourth-order valence-corrected chi connectivity index (χ4v) is 20.5. The molecule has 0 aliphatic carbocycles. The second kappa shape index (κ2) is 23.2. The Morgan fingerprint density at radius 2 is 0.509 bits per heavy atom. The van der Waals surface area contributed by atoms with Gasteiger partial charge in [0.05, 0.1) is 44.3 Å². The third kappa shape index (κ3) is 9.25. The van der Waals surface area contributed by atoms with Gasteiger partial charge in [-0.2, -0.15) is 0 Å². The molecular weight excluding hydrogens is 1340 g/mol. The zero-order chi connectivity index (χ0) is 69.2. The van der Waals surface area contributed by atoms with E-state index in [1.54, 1.807) is 0 Å². The second-order valence-corrected chi connectivity index (χ2v) is 31.2. The molecule has 0 spiro atoms. The van der Waals surface area contributed by atoms with Gasteiger partial charge in [0.2, 0.25) is 0 Å². The Hall–Kier alpha value is -13.1. The maximum absolute atomic E-state index is 5.75. The number of thiophene rings is 3. The minimum Gasteiger partial charge on any atom is -0.309 e. The van der Waals surface area contributed by atoms with Gasteiger partial charge in [-0.05, 0) is 184 Å².